The fourth-order valence-electron chi connectivity index (χ4n) is 3.57. The summed E-state index contributed by atoms with van der Waals surface area (Å²) in [6.45, 7) is 6.92. The first-order chi connectivity index (χ1) is 12.2. The molecule has 0 saturated carbocycles. The van der Waals surface area contributed by atoms with Crippen LogP contribution in [0.2, 0.25) is 5.02 Å². The molecule has 27 heavy (non-hydrogen) atoms. The monoisotopic (exact) mass is 533 g/mol. The van der Waals surface area contributed by atoms with Crippen LogP contribution in [0.3, 0.4) is 0 Å². The Kier molecular flexibility index (Phi) is 8.97. The fraction of sp³-hybridized carbons (Fsp3) is 0.400. The summed E-state index contributed by atoms with van der Waals surface area (Å²) in [6, 6.07) is 14.9. The van der Waals surface area contributed by atoms with Crippen molar-refractivity contribution in [1.29, 1.82) is 0 Å². The first-order valence-corrected chi connectivity index (χ1v) is 10.1. The van der Waals surface area contributed by atoms with Crippen molar-refractivity contribution in [2.45, 2.75) is 16.2 Å². The molecule has 2 aliphatic rings. The maximum Gasteiger partial charge on any atom is 0.0567 e. The van der Waals surface area contributed by atoms with E-state index in [2.05, 4.69) is 58.1 Å². The van der Waals surface area contributed by atoms with Gasteiger partial charge in [0.05, 0.1) is 11.4 Å². The number of fused-ring (bicyclic) bond motifs is 2. The number of hydrogen-bond donors (Lipinski definition) is 0. The lowest BCUT2D eigenvalue weighted by atomic mass is 10.2. The maximum atomic E-state index is 6.29. The van der Waals surface area contributed by atoms with Crippen LogP contribution < -0.4 is 4.90 Å². The molecule has 2 aromatic carbocycles. The standard InChI is InChI=1S/C20H24ClN3S.2BrH/c1-22-11-13-23(14-12-22)9-4-10-24-17-5-2-3-6-19(17)25-20-8-7-16(21)15-18(20)24;;/h2-3,5-8,15H,4,9-14H2,1H3;2*1H. The van der Waals surface area contributed by atoms with Crippen molar-refractivity contribution in [2.75, 3.05) is 51.2 Å². The van der Waals surface area contributed by atoms with Crippen molar-refractivity contribution in [2.24, 2.45) is 0 Å². The third-order valence-corrected chi connectivity index (χ3v) is 6.41. The van der Waals surface area contributed by atoms with E-state index in [-0.39, 0.29) is 34.0 Å². The van der Waals surface area contributed by atoms with E-state index in [1.54, 1.807) is 0 Å². The van der Waals surface area contributed by atoms with Gasteiger partial charge in [0.15, 0.2) is 0 Å². The van der Waals surface area contributed by atoms with Gasteiger partial charge in [-0.2, -0.15) is 0 Å². The fourth-order valence-corrected chi connectivity index (χ4v) is 4.81. The van der Waals surface area contributed by atoms with Crippen molar-refractivity contribution in [1.82, 2.24) is 9.80 Å². The number of likely N-dealkylation sites (N-methyl/N-ethyl adjacent to an activating group) is 1. The van der Waals surface area contributed by atoms with Gasteiger partial charge in [0, 0.05) is 47.5 Å². The van der Waals surface area contributed by atoms with Gasteiger partial charge in [0.1, 0.15) is 0 Å². The summed E-state index contributed by atoms with van der Waals surface area (Å²) in [5.41, 5.74) is 2.55. The van der Waals surface area contributed by atoms with E-state index in [0.29, 0.717) is 0 Å². The maximum absolute atomic E-state index is 6.29. The van der Waals surface area contributed by atoms with E-state index in [9.17, 15) is 0 Å². The summed E-state index contributed by atoms with van der Waals surface area (Å²) in [5.74, 6) is 0. The minimum Gasteiger partial charge on any atom is -0.340 e. The van der Waals surface area contributed by atoms with Crippen LogP contribution in [0.4, 0.5) is 11.4 Å². The van der Waals surface area contributed by atoms with Crippen molar-refractivity contribution >= 4 is 68.7 Å². The minimum absolute atomic E-state index is 0. The predicted octanol–water partition coefficient (Wildman–Crippen LogP) is 5.74. The zero-order valence-corrected chi connectivity index (χ0v) is 20.4. The second kappa shape index (κ2) is 10.5. The van der Waals surface area contributed by atoms with Crippen LogP contribution >= 0.6 is 57.3 Å². The van der Waals surface area contributed by atoms with Crippen molar-refractivity contribution in [3.8, 4) is 0 Å². The Balaban J connectivity index is 0.00000131. The molecule has 2 aromatic rings. The summed E-state index contributed by atoms with van der Waals surface area (Å²) in [5, 5.41) is 0.808. The summed E-state index contributed by atoms with van der Waals surface area (Å²) in [6.07, 6.45) is 1.16. The van der Waals surface area contributed by atoms with Gasteiger partial charge in [-0.15, -0.1) is 34.0 Å². The Morgan fingerprint density at radius 1 is 0.889 bits per heavy atom. The third-order valence-electron chi connectivity index (χ3n) is 5.04. The molecule has 0 aromatic heterocycles. The van der Waals surface area contributed by atoms with E-state index in [4.69, 9.17) is 11.6 Å². The first kappa shape index (κ1) is 23.0. The van der Waals surface area contributed by atoms with Crippen LogP contribution in [0.1, 0.15) is 6.42 Å². The molecule has 2 heterocycles. The van der Waals surface area contributed by atoms with Gasteiger partial charge in [0.25, 0.3) is 0 Å². The second-order valence-electron chi connectivity index (χ2n) is 6.83. The van der Waals surface area contributed by atoms with Crippen LogP contribution in [-0.4, -0.2) is 56.1 Å². The highest BCUT2D eigenvalue weighted by atomic mass is 79.9. The summed E-state index contributed by atoms with van der Waals surface area (Å²) >= 11 is 8.13. The molecule has 0 bridgehead atoms. The van der Waals surface area contributed by atoms with Crippen molar-refractivity contribution in [3.63, 3.8) is 0 Å². The van der Waals surface area contributed by atoms with Crippen LogP contribution in [0.15, 0.2) is 52.3 Å². The lowest BCUT2D eigenvalue weighted by molar-refractivity contribution is 0.153. The van der Waals surface area contributed by atoms with E-state index >= 15 is 0 Å². The second-order valence-corrected chi connectivity index (χ2v) is 8.35. The number of para-hydroxylation sites is 1. The van der Waals surface area contributed by atoms with Gasteiger partial charge in [-0.25, -0.2) is 0 Å². The Labute approximate surface area is 192 Å². The molecule has 3 nitrogen and oxygen atoms in total. The van der Waals surface area contributed by atoms with Gasteiger partial charge < -0.3 is 14.7 Å². The highest BCUT2D eigenvalue weighted by Gasteiger charge is 2.23. The first-order valence-electron chi connectivity index (χ1n) is 8.95. The van der Waals surface area contributed by atoms with Crippen LogP contribution in [0.5, 0.6) is 0 Å². The lowest BCUT2D eigenvalue weighted by Crippen LogP contribution is -2.45. The molecule has 2 aliphatic heterocycles. The summed E-state index contributed by atoms with van der Waals surface area (Å²) in [7, 11) is 2.21. The minimum atomic E-state index is 0. The average molecular weight is 536 g/mol. The van der Waals surface area contributed by atoms with Gasteiger partial charge in [-0.3, -0.25) is 0 Å². The third kappa shape index (κ3) is 5.43. The molecular formula is C20H26Br2ClN3S. The topological polar surface area (TPSA) is 9.72 Å². The van der Waals surface area contributed by atoms with Crippen molar-refractivity contribution < 1.29 is 0 Å². The molecule has 0 atom stereocenters. The zero-order valence-electron chi connectivity index (χ0n) is 15.4. The van der Waals surface area contributed by atoms with Crippen LogP contribution in [0, 0.1) is 0 Å². The smallest absolute Gasteiger partial charge is 0.0567 e. The number of piperazine rings is 1. The molecule has 0 aliphatic carbocycles. The predicted molar refractivity (Wildman–Crippen MR) is 128 cm³/mol. The Morgan fingerprint density at radius 3 is 2.37 bits per heavy atom. The SMILES string of the molecule is Br.Br.CN1CCN(CCCN2c3ccccc3Sc3ccc(Cl)cc32)CC1. The molecule has 0 N–H and O–H groups in total. The molecule has 1 fully saturated rings. The number of nitrogens with zero attached hydrogens (tertiary/aromatic N) is 3. The lowest BCUT2D eigenvalue weighted by Gasteiger charge is -2.35. The number of halogens is 3. The number of hydrogen-bond acceptors (Lipinski definition) is 4. The quantitative estimate of drug-likeness (QED) is 0.494. The molecule has 0 amide bonds. The molecular weight excluding hydrogens is 510 g/mol. The highest BCUT2D eigenvalue weighted by Crippen LogP contribution is 2.48. The van der Waals surface area contributed by atoms with Gasteiger partial charge in [-0.05, 0) is 50.3 Å². The van der Waals surface area contributed by atoms with Gasteiger partial charge in [0.2, 0.25) is 0 Å². The largest absolute Gasteiger partial charge is 0.340 e. The Hall–Kier alpha value is -0.240. The number of benzene rings is 2. The molecule has 4 rings (SSSR count). The van der Waals surface area contributed by atoms with Crippen molar-refractivity contribution in [3.05, 3.63) is 47.5 Å². The Bertz CT molecular complexity index is 754. The van der Waals surface area contributed by atoms with Gasteiger partial charge in [-0.1, -0.05) is 35.5 Å². The van der Waals surface area contributed by atoms with E-state index in [0.717, 1.165) is 24.5 Å². The average Bonchev–Trinajstić information content (AvgIpc) is 2.63. The zero-order chi connectivity index (χ0) is 17.2. The molecule has 148 valence electrons. The molecule has 0 unspecified atom stereocenters. The molecule has 7 heteroatoms. The van der Waals surface area contributed by atoms with Crippen LogP contribution in [-0.2, 0) is 0 Å². The van der Waals surface area contributed by atoms with E-state index in [1.165, 1.54) is 47.3 Å². The number of rotatable bonds is 4. The molecule has 0 radical (unpaired) electrons. The summed E-state index contributed by atoms with van der Waals surface area (Å²) < 4.78 is 0. The highest BCUT2D eigenvalue weighted by molar-refractivity contribution is 8.93. The van der Waals surface area contributed by atoms with E-state index < -0.39 is 0 Å². The van der Waals surface area contributed by atoms with Crippen LogP contribution in [0.25, 0.3) is 0 Å². The van der Waals surface area contributed by atoms with Gasteiger partial charge >= 0.3 is 0 Å². The number of anilines is 2. The summed E-state index contributed by atoms with van der Waals surface area (Å²) in [4.78, 5) is 10.1. The Morgan fingerprint density at radius 2 is 1.59 bits per heavy atom. The molecule has 1 saturated heterocycles. The molecule has 0 spiro atoms. The van der Waals surface area contributed by atoms with E-state index in [1.807, 2.05) is 17.8 Å². The normalized spacial score (nSPS) is 16.7.